The molecular formula is C12H15NO. The van der Waals surface area contributed by atoms with Gasteiger partial charge in [0, 0.05) is 5.56 Å². The molecule has 0 saturated carbocycles. The van der Waals surface area contributed by atoms with Gasteiger partial charge in [-0.2, -0.15) is 0 Å². The maximum absolute atomic E-state index is 5.15. The van der Waals surface area contributed by atoms with Crippen LogP contribution in [0, 0.1) is 0 Å². The molecule has 0 aliphatic carbocycles. The highest BCUT2D eigenvalue weighted by Crippen LogP contribution is 2.23. The summed E-state index contributed by atoms with van der Waals surface area (Å²) in [4.78, 5) is 0. The maximum atomic E-state index is 5.15. The molecule has 2 heteroatoms. The largest absolute Gasteiger partial charge is 0.356 e. The third-order valence-corrected chi connectivity index (χ3v) is 1.91. The van der Waals surface area contributed by atoms with Crippen LogP contribution in [0.3, 0.4) is 0 Å². The number of aromatic nitrogens is 1. The van der Waals surface area contributed by atoms with Crippen LogP contribution >= 0.6 is 0 Å². The minimum Gasteiger partial charge on any atom is -0.356 e. The lowest BCUT2D eigenvalue weighted by Crippen LogP contribution is -1.90. The Hall–Kier alpha value is -1.57. The minimum atomic E-state index is 0.344. The van der Waals surface area contributed by atoms with Crippen molar-refractivity contribution in [2.24, 2.45) is 0 Å². The van der Waals surface area contributed by atoms with Crippen molar-refractivity contribution in [3.05, 3.63) is 42.3 Å². The molecule has 2 nitrogen and oxygen atoms in total. The van der Waals surface area contributed by atoms with E-state index in [0.717, 1.165) is 11.3 Å². The molecule has 1 heterocycles. The number of rotatable bonds is 4. The molecule has 0 spiro atoms. The Balaban J connectivity index is 3.18. The van der Waals surface area contributed by atoms with E-state index in [2.05, 4.69) is 32.2 Å². The lowest BCUT2D eigenvalue weighted by molar-refractivity contribution is 0.402. The van der Waals surface area contributed by atoms with Crippen LogP contribution in [-0.4, -0.2) is 5.16 Å². The van der Waals surface area contributed by atoms with Crippen molar-refractivity contribution in [2.75, 3.05) is 0 Å². The Morgan fingerprint density at radius 3 is 2.57 bits per heavy atom. The molecule has 0 amide bonds. The summed E-state index contributed by atoms with van der Waals surface area (Å²) >= 11 is 0. The van der Waals surface area contributed by atoms with Gasteiger partial charge in [-0.05, 0) is 18.1 Å². The van der Waals surface area contributed by atoms with E-state index >= 15 is 0 Å². The zero-order chi connectivity index (χ0) is 10.6. The summed E-state index contributed by atoms with van der Waals surface area (Å²) in [5, 5.41) is 4.01. The normalized spacial score (nSPS) is 11.1. The van der Waals surface area contributed by atoms with E-state index in [9.17, 15) is 0 Å². The van der Waals surface area contributed by atoms with Crippen LogP contribution in [0.15, 0.2) is 29.8 Å². The number of allylic oxidation sites excluding steroid dienone is 2. The van der Waals surface area contributed by atoms with Crippen LogP contribution in [0.4, 0.5) is 0 Å². The summed E-state index contributed by atoms with van der Waals surface area (Å²) in [5.74, 6) is 1.06. The monoisotopic (exact) mass is 189 g/mol. The molecule has 1 rings (SSSR count). The molecule has 74 valence electrons. The lowest BCUT2D eigenvalue weighted by Gasteiger charge is -1.99. The third kappa shape index (κ3) is 2.02. The van der Waals surface area contributed by atoms with Crippen LogP contribution in [0.1, 0.15) is 36.8 Å². The lowest BCUT2D eigenvalue weighted by atomic mass is 10.0. The minimum absolute atomic E-state index is 0.344. The molecule has 0 bridgehead atoms. The zero-order valence-corrected chi connectivity index (χ0v) is 8.66. The highest BCUT2D eigenvalue weighted by Gasteiger charge is 2.13. The second-order valence-corrected chi connectivity index (χ2v) is 3.30. The van der Waals surface area contributed by atoms with Crippen molar-refractivity contribution in [3.8, 4) is 0 Å². The van der Waals surface area contributed by atoms with Gasteiger partial charge >= 0.3 is 0 Å². The van der Waals surface area contributed by atoms with Crippen molar-refractivity contribution in [1.29, 1.82) is 0 Å². The standard InChI is InChI=1S/C12H15NO/c1-5-7-8-10-11(6-2)14-13-12(10)9(3)4/h5-9H,1-2H2,3-4H3/b8-7-. The Bertz CT molecular complexity index is 358. The molecule has 14 heavy (non-hydrogen) atoms. The highest BCUT2D eigenvalue weighted by atomic mass is 16.5. The van der Waals surface area contributed by atoms with Crippen molar-refractivity contribution in [1.82, 2.24) is 5.16 Å². The first-order chi connectivity index (χ1) is 6.70. The summed E-state index contributed by atoms with van der Waals surface area (Å²) in [5.41, 5.74) is 1.95. The van der Waals surface area contributed by atoms with E-state index < -0.39 is 0 Å². The van der Waals surface area contributed by atoms with E-state index in [4.69, 9.17) is 4.52 Å². The average molecular weight is 189 g/mol. The molecule has 0 fully saturated rings. The fourth-order valence-electron chi connectivity index (χ4n) is 1.22. The van der Waals surface area contributed by atoms with E-state index in [1.807, 2.05) is 12.2 Å². The van der Waals surface area contributed by atoms with E-state index in [0.29, 0.717) is 11.7 Å². The van der Waals surface area contributed by atoms with Crippen LogP contribution in [0.2, 0.25) is 0 Å². The Morgan fingerprint density at radius 1 is 1.36 bits per heavy atom. The number of nitrogens with zero attached hydrogens (tertiary/aromatic N) is 1. The van der Waals surface area contributed by atoms with Crippen molar-refractivity contribution >= 4 is 12.2 Å². The topological polar surface area (TPSA) is 26.0 Å². The summed E-state index contributed by atoms with van der Waals surface area (Å²) in [7, 11) is 0. The van der Waals surface area contributed by atoms with Gasteiger partial charge in [-0.15, -0.1) is 0 Å². The maximum Gasteiger partial charge on any atom is 0.166 e. The van der Waals surface area contributed by atoms with Gasteiger partial charge in [0.1, 0.15) is 0 Å². The smallest absolute Gasteiger partial charge is 0.166 e. The van der Waals surface area contributed by atoms with E-state index in [1.165, 1.54) is 0 Å². The van der Waals surface area contributed by atoms with E-state index in [-0.39, 0.29) is 0 Å². The van der Waals surface area contributed by atoms with Gasteiger partial charge in [-0.3, -0.25) is 0 Å². The first-order valence-electron chi connectivity index (χ1n) is 4.61. The number of hydrogen-bond acceptors (Lipinski definition) is 2. The molecular weight excluding hydrogens is 174 g/mol. The zero-order valence-electron chi connectivity index (χ0n) is 8.66. The van der Waals surface area contributed by atoms with E-state index in [1.54, 1.807) is 12.2 Å². The van der Waals surface area contributed by atoms with Crippen LogP contribution in [-0.2, 0) is 0 Å². The third-order valence-electron chi connectivity index (χ3n) is 1.91. The molecule has 1 aromatic heterocycles. The first-order valence-corrected chi connectivity index (χ1v) is 4.61. The van der Waals surface area contributed by atoms with Gasteiger partial charge in [0.25, 0.3) is 0 Å². The second kappa shape index (κ2) is 4.61. The van der Waals surface area contributed by atoms with Crippen molar-refractivity contribution < 1.29 is 4.52 Å². The SMILES string of the molecule is C=C/C=C\c1c(C(C)C)noc1C=C. The van der Waals surface area contributed by atoms with Crippen LogP contribution in [0.5, 0.6) is 0 Å². The molecule has 0 atom stereocenters. The highest BCUT2D eigenvalue weighted by molar-refractivity contribution is 5.63. The van der Waals surface area contributed by atoms with Gasteiger partial charge < -0.3 is 4.52 Å². The molecule has 0 N–H and O–H groups in total. The number of hydrogen-bond donors (Lipinski definition) is 0. The Kier molecular flexibility index (Phi) is 3.46. The Labute approximate surface area is 84.6 Å². The summed E-state index contributed by atoms with van der Waals surface area (Å²) in [6.45, 7) is 11.5. The van der Waals surface area contributed by atoms with Gasteiger partial charge in [-0.1, -0.05) is 44.3 Å². The van der Waals surface area contributed by atoms with Crippen LogP contribution in [0.25, 0.3) is 12.2 Å². The second-order valence-electron chi connectivity index (χ2n) is 3.30. The molecule has 0 aliphatic rings. The average Bonchev–Trinajstić information content (AvgIpc) is 2.57. The molecule has 0 radical (unpaired) electrons. The summed E-state index contributed by atoms with van der Waals surface area (Å²) in [6, 6.07) is 0. The molecule has 0 saturated heterocycles. The van der Waals surface area contributed by atoms with Gasteiger partial charge in [0.2, 0.25) is 0 Å². The fourth-order valence-corrected chi connectivity index (χ4v) is 1.22. The summed E-state index contributed by atoms with van der Waals surface area (Å²) in [6.07, 6.45) is 7.20. The molecule has 0 unspecified atom stereocenters. The summed E-state index contributed by atoms with van der Waals surface area (Å²) < 4.78 is 5.15. The van der Waals surface area contributed by atoms with Gasteiger partial charge in [0.15, 0.2) is 5.76 Å². The van der Waals surface area contributed by atoms with Gasteiger partial charge in [-0.25, -0.2) is 0 Å². The predicted octanol–water partition coefficient (Wildman–Crippen LogP) is 3.64. The quantitative estimate of drug-likeness (QED) is 0.676. The van der Waals surface area contributed by atoms with Crippen molar-refractivity contribution in [2.45, 2.75) is 19.8 Å². The van der Waals surface area contributed by atoms with Gasteiger partial charge in [0.05, 0.1) is 5.69 Å². The molecule has 1 aromatic rings. The predicted molar refractivity (Wildman–Crippen MR) is 59.9 cm³/mol. The van der Waals surface area contributed by atoms with Crippen molar-refractivity contribution in [3.63, 3.8) is 0 Å². The Morgan fingerprint density at radius 2 is 2.07 bits per heavy atom. The molecule has 0 aliphatic heterocycles. The first kappa shape index (κ1) is 10.5. The fraction of sp³-hybridized carbons (Fsp3) is 0.250. The van der Waals surface area contributed by atoms with Crippen LogP contribution < -0.4 is 0 Å². The molecule has 0 aromatic carbocycles.